The number of anilines is 1. The quantitative estimate of drug-likeness (QED) is 0.372. The number of hydrogen-bond donors (Lipinski definition) is 2. The predicted molar refractivity (Wildman–Crippen MR) is 143 cm³/mol. The van der Waals surface area contributed by atoms with Crippen molar-refractivity contribution in [1.82, 2.24) is 15.1 Å². The van der Waals surface area contributed by atoms with Gasteiger partial charge in [0.25, 0.3) is 0 Å². The summed E-state index contributed by atoms with van der Waals surface area (Å²) in [4.78, 5) is 28.9. The fraction of sp³-hybridized carbons (Fsp3) is 0.630. The van der Waals surface area contributed by atoms with E-state index in [0.717, 1.165) is 17.7 Å². The van der Waals surface area contributed by atoms with Crippen molar-refractivity contribution in [2.75, 3.05) is 44.6 Å². The Morgan fingerprint density at radius 1 is 1.26 bits per heavy atom. The van der Waals surface area contributed by atoms with Gasteiger partial charge in [0.05, 0.1) is 28.7 Å². The van der Waals surface area contributed by atoms with Gasteiger partial charge in [0.2, 0.25) is 11.8 Å². The predicted octanol–water partition coefficient (Wildman–Crippen LogP) is 3.77. The summed E-state index contributed by atoms with van der Waals surface area (Å²) in [6, 6.07) is 11.7. The number of hydrogen-bond acceptors (Lipinski definition) is 7. The summed E-state index contributed by atoms with van der Waals surface area (Å²) in [5.41, 5.74) is 2.01. The molecule has 0 aromatic heterocycles. The van der Waals surface area contributed by atoms with Crippen LogP contribution in [-0.2, 0) is 16.0 Å². The normalized spacial score (nSPS) is 21.3. The minimum Gasteiger partial charge on any atom is -0.385 e. The zero-order chi connectivity index (χ0) is 28.4. The van der Waals surface area contributed by atoms with Crippen molar-refractivity contribution in [3.8, 4) is 12.1 Å². The van der Waals surface area contributed by atoms with E-state index in [2.05, 4.69) is 15.5 Å². The maximum atomic E-state index is 12.9. The number of nitriles is 2. The number of amides is 2. The van der Waals surface area contributed by atoms with Crippen molar-refractivity contribution in [3.63, 3.8) is 0 Å². The highest BCUT2D eigenvalue weighted by atomic mass is 32.2. The van der Waals surface area contributed by atoms with Crippen molar-refractivity contribution < 1.29 is 22.8 Å². The second-order valence-electron chi connectivity index (χ2n) is 9.82. The van der Waals surface area contributed by atoms with Gasteiger partial charge in [-0.25, -0.2) is 0 Å². The highest BCUT2D eigenvalue weighted by molar-refractivity contribution is 8.01. The van der Waals surface area contributed by atoms with E-state index in [1.807, 2.05) is 43.3 Å². The van der Waals surface area contributed by atoms with Crippen molar-refractivity contribution in [2.45, 2.75) is 55.8 Å². The summed E-state index contributed by atoms with van der Waals surface area (Å²) >= 11 is 1.46. The number of carbonyl (C=O) groups is 2. The number of thioether (sulfide) groups is 1. The average Bonchev–Trinajstić information content (AvgIpc) is 3.22. The summed E-state index contributed by atoms with van der Waals surface area (Å²) in [5, 5.41) is 23.3. The zero-order valence-electron chi connectivity index (χ0n) is 22.0. The van der Waals surface area contributed by atoms with Crippen molar-refractivity contribution >= 4 is 29.3 Å². The maximum absolute atomic E-state index is 12.9. The summed E-state index contributed by atoms with van der Waals surface area (Å²) in [6.45, 7) is 4.39. The van der Waals surface area contributed by atoms with Gasteiger partial charge in [-0.2, -0.15) is 23.7 Å². The van der Waals surface area contributed by atoms with E-state index >= 15 is 0 Å². The Bertz CT molecular complexity index is 1060. The molecule has 3 atom stereocenters. The smallest absolute Gasteiger partial charge is 0.385 e. The Balaban J connectivity index is 1.45. The molecule has 0 bridgehead atoms. The number of carbonyl (C=O) groups excluding carboxylic acids is 2. The molecule has 1 aromatic carbocycles. The number of likely N-dealkylation sites (tertiary alicyclic amines) is 1. The van der Waals surface area contributed by atoms with Crippen LogP contribution in [0.4, 0.5) is 18.9 Å². The number of nitrogens with one attached hydrogen (secondary N) is 2. The lowest BCUT2D eigenvalue weighted by molar-refractivity contribution is -0.185. The molecule has 2 fully saturated rings. The monoisotopic (exact) mass is 564 g/mol. The first kappa shape index (κ1) is 30.6. The molecule has 3 unspecified atom stereocenters. The van der Waals surface area contributed by atoms with Gasteiger partial charge in [0.15, 0.2) is 0 Å². The fourth-order valence-electron chi connectivity index (χ4n) is 5.01. The molecule has 0 spiro atoms. The van der Waals surface area contributed by atoms with Crippen LogP contribution in [0.15, 0.2) is 24.3 Å². The molecule has 2 N–H and O–H groups in total. The molecule has 0 aliphatic carbocycles. The van der Waals surface area contributed by atoms with Crippen LogP contribution in [0, 0.1) is 34.5 Å². The molecular formula is C27H35F3N6O2S. The minimum atomic E-state index is -4.10. The maximum Gasteiger partial charge on any atom is 0.391 e. The lowest BCUT2D eigenvalue weighted by Crippen LogP contribution is -2.39. The summed E-state index contributed by atoms with van der Waals surface area (Å²) in [6.07, 6.45) is -2.25. The van der Waals surface area contributed by atoms with Gasteiger partial charge in [-0.1, -0.05) is 12.1 Å². The molecule has 2 aliphatic rings. The van der Waals surface area contributed by atoms with Gasteiger partial charge in [-0.3, -0.25) is 9.59 Å². The first-order valence-electron chi connectivity index (χ1n) is 13.3. The van der Waals surface area contributed by atoms with Crippen LogP contribution in [0.25, 0.3) is 0 Å². The van der Waals surface area contributed by atoms with Crippen molar-refractivity contribution in [3.05, 3.63) is 29.8 Å². The Hall–Kier alpha value is -2.96. The van der Waals surface area contributed by atoms with Crippen LogP contribution < -0.4 is 10.6 Å². The third-order valence-electron chi connectivity index (χ3n) is 7.25. The van der Waals surface area contributed by atoms with Crippen LogP contribution in [0.2, 0.25) is 0 Å². The van der Waals surface area contributed by atoms with Gasteiger partial charge in [0.1, 0.15) is 12.5 Å². The third kappa shape index (κ3) is 8.77. The highest BCUT2D eigenvalue weighted by Gasteiger charge is 2.42. The number of benzene rings is 1. The Kier molecular flexibility index (Phi) is 11.3. The second-order valence-corrected chi connectivity index (χ2v) is 11.2. The molecule has 2 heterocycles. The minimum absolute atomic E-state index is 0.00790. The van der Waals surface area contributed by atoms with Gasteiger partial charge in [-0.15, -0.1) is 11.8 Å². The SMILES string of the molecule is CCN1C(=O)C(CCNc2cccc(CCN3CCC(C(F)(F)F)CC3)c2)SC1CC(C#N)C(=O)NCC#N. The molecule has 212 valence electrons. The Morgan fingerprint density at radius 3 is 2.64 bits per heavy atom. The van der Waals surface area contributed by atoms with Gasteiger partial charge in [0, 0.05) is 31.7 Å². The molecule has 2 aliphatic heterocycles. The van der Waals surface area contributed by atoms with E-state index in [9.17, 15) is 28.0 Å². The summed E-state index contributed by atoms with van der Waals surface area (Å²) in [7, 11) is 0. The number of alkyl halides is 3. The van der Waals surface area contributed by atoms with Crippen molar-refractivity contribution in [2.24, 2.45) is 11.8 Å². The third-order valence-corrected chi connectivity index (χ3v) is 8.78. The molecule has 0 saturated carbocycles. The molecule has 2 amide bonds. The fourth-order valence-corrected chi connectivity index (χ4v) is 6.60. The molecule has 39 heavy (non-hydrogen) atoms. The van der Waals surface area contributed by atoms with Crippen LogP contribution in [-0.4, -0.2) is 77.7 Å². The largest absolute Gasteiger partial charge is 0.391 e. The first-order valence-corrected chi connectivity index (χ1v) is 14.2. The number of piperidine rings is 1. The van der Waals surface area contributed by atoms with E-state index < -0.39 is 23.9 Å². The van der Waals surface area contributed by atoms with Crippen LogP contribution >= 0.6 is 11.8 Å². The van der Waals surface area contributed by atoms with Gasteiger partial charge < -0.3 is 20.4 Å². The van der Waals surface area contributed by atoms with Crippen LogP contribution in [0.3, 0.4) is 0 Å². The second kappa shape index (κ2) is 14.4. The molecule has 1 aromatic rings. The van der Waals surface area contributed by atoms with E-state index in [-0.39, 0.29) is 42.3 Å². The highest BCUT2D eigenvalue weighted by Crippen LogP contribution is 2.37. The number of halogens is 3. The van der Waals surface area contributed by atoms with E-state index in [0.29, 0.717) is 39.1 Å². The summed E-state index contributed by atoms with van der Waals surface area (Å²) in [5.74, 6) is -2.63. The van der Waals surface area contributed by atoms with Gasteiger partial charge in [-0.05, 0) is 63.4 Å². The molecule has 3 rings (SSSR count). The molecule has 8 nitrogen and oxygen atoms in total. The molecule has 12 heteroatoms. The zero-order valence-corrected chi connectivity index (χ0v) is 22.9. The Morgan fingerprint density at radius 2 is 2.00 bits per heavy atom. The van der Waals surface area contributed by atoms with E-state index in [1.54, 1.807) is 4.90 Å². The molecular weight excluding hydrogens is 529 g/mol. The first-order chi connectivity index (χ1) is 18.7. The standard InChI is InChI=1S/C27H35F3N6O2S/c1-2-36-24(17-20(18-32)25(37)34-12-10-31)39-23(26(36)38)6-11-33-22-5-3-4-19(16-22)7-13-35-14-8-21(9-15-35)27(28,29)30/h3-5,16,20-21,23-24,33H,2,6-9,11-15,17H2,1H3,(H,34,37). The number of nitrogens with zero attached hydrogens (tertiary/aromatic N) is 4. The molecule has 2 saturated heterocycles. The lowest BCUT2D eigenvalue weighted by atomic mass is 9.96. The molecule has 0 radical (unpaired) electrons. The van der Waals surface area contributed by atoms with Crippen molar-refractivity contribution in [1.29, 1.82) is 10.5 Å². The topological polar surface area (TPSA) is 112 Å². The lowest BCUT2D eigenvalue weighted by Gasteiger charge is -2.32. The number of rotatable bonds is 12. The van der Waals surface area contributed by atoms with E-state index in [4.69, 9.17) is 5.26 Å². The van der Waals surface area contributed by atoms with Crippen LogP contribution in [0.5, 0.6) is 0 Å². The Labute approximate surface area is 231 Å². The van der Waals surface area contributed by atoms with E-state index in [1.165, 1.54) is 11.8 Å². The van der Waals surface area contributed by atoms with Gasteiger partial charge >= 0.3 is 6.18 Å². The average molecular weight is 565 g/mol. The van der Waals surface area contributed by atoms with Crippen LogP contribution in [0.1, 0.15) is 38.2 Å². The summed E-state index contributed by atoms with van der Waals surface area (Å²) < 4.78 is 38.7.